The zero-order valence-electron chi connectivity index (χ0n) is 17.3. The second kappa shape index (κ2) is 9.37. The van der Waals surface area contributed by atoms with Crippen molar-refractivity contribution < 1.29 is 9.59 Å². The third-order valence-corrected chi connectivity index (χ3v) is 5.50. The molecular weight excluding hydrogens is 360 g/mol. The molecule has 0 spiro atoms. The number of benzene rings is 3. The van der Waals surface area contributed by atoms with Crippen molar-refractivity contribution in [2.45, 2.75) is 39.3 Å². The van der Waals surface area contributed by atoms with Crippen LogP contribution in [-0.4, -0.2) is 29.8 Å². The number of carbonyl (C=O) groups is 2. The van der Waals surface area contributed by atoms with Gasteiger partial charge >= 0.3 is 0 Å². The van der Waals surface area contributed by atoms with Crippen LogP contribution in [-0.2, 0) is 22.6 Å². The van der Waals surface area contributed by atoms with Crippen molar-refractivity contribution in [3.8, 4) is 0 Å². The number of fused-ring (bicyclic) bond motifs is 1. The van der Waals surface area contributed by atoms with Crippen molar-refractivity contribution in [3.63, 3.8) is 0 Å². The third kappa shape index (κ3) is 4.83. The Morgan fingerprint density at radius 3 is 2.34 bits per heavy atom. The molecule has 3 aromatic rings. The van der Waals surface area contributed by atoms with Crippen molar-refractivity contribution in [3.05, 3.63) is 83.4 Å². The second-order valence-electron chi connectivity index (χ2n) is 7.38. The first-order valence-electron chi connectivity index (χ1n) is 10.0. The molecule has 0 aliphatic carbocycles. The summed E-state index contributed by atoms with van der Waals surface area (Å²) in [6.07, 6.45) is 1.01. The molecule has 0 heterocycles. The van der Waals surface area contributed by atoms with Crippen LogP contribution >= 0.6 is 0 Å². The summed E-state index contributed by atoms with van der Waals surface area (Å²) in [5.74, 6) is -0.172. The molecule has 4 heteroatoms. The number of hydrogen-bond acceptors (Lipinski definition) is 2. The van der Waals surface area contributed by atoms with E-state index in [-0.39, 0.29) is 11.8 Å². The van der Waals surface area contributed by atoms with Crippen LogP contribution in [0.4, 0.5) is 0 Å². The van der Waals surface area contributed by atoms with Gasteiger partial charge in [0.15, 0.2) is 0 Å². The Balaban J connectivity index is 1.80. The lowest BCUT2D eigenvalue weighted by atomic mass is 10.00. The van der Waals surface area contributed by atoms with Gasteiger partial charge in [-0.15, -0.1) is 0 Å². The van der Waals surface area contributed by atoms with E-state index in [9.17, 15) is 9.59 Å². The number of nitrogens with one attached hydrogen (secondary N) is 1. The first kappa shape index (κ1) is 20.6. The van der Waals surface area contributed by atoms with E-state index in [2.05, 4.69) is 29.6 Å². The Morgan fingerprint density at radius 2 is 1.59 bits per heavy atom. The van der Waals surface area contributed by atoms with Crippen LogP contribution in [0.5, 0.6) is 0 Å². The zero-order valence-corrected chi connectivity index (χ0v) is 17.3. The number of rotatable bonds is 7. The van der Waals surface area contributed by atoms with E-state index in [1.807, 2.05) is 49.4 Å². The summed E-state index contributed by atoms with van der Waals surface area (Å²) in [6, 6.07) is 21.8. The van der Waals surface area contributed by atoms with Gasteiger partial charge in [0.05, 0.1) is 0 Å². The molecule has 1 atom stereocenters. The average molecular weight is 389 g/mol. The fourth-order valence-corrected chi connectivity index (χ4v) is 3.66. The summed E-state index contributed by atoms with van der Waals surface area (Å²) >= 11 is 0. The van der Waals surface area contributed by atoms with Gasteiger partial charge in [0.1, 0.15) is 6.04 Å². The van der Waals surface area contributed by atoms with Crippen LogP contribution in [0, 0.1) is 6.92 Å². The summed E-state index contributed by atoms with van der Waals surface area (Å²) in [6.45, 7) is 4.24. The molecule has 1 N–H and O–H groups in total. The predicted molar refractivity (Wildman–Crippen MR) is 118 cm³/mol. The molecule has 0 radical (unpaired) electrons. The molecule has 0 aliphatic rings. The molecule has 0 saturated heterocycles. The monoisotopic (exact) mass is 388 g/mol. The fourth-order valence-electron chi connectivity index (χ4n) is 3.66. The van der Waals surface area contributed by atoms with Crippen LogP contribution in [0.2, 0.25) is 0 Å². The molecule has 2 amide bonds. The Hall–Kier alpha value is -3.14. The maximum atomic E-state index is 13.2. The van der Waals surface area contributed by atoms with Crippen molar-refractivity contribution >= 4 is 22.6 Å². The minimum absolute atomic E-state index is 0.0164. The van der Waals surface area contributed by atoms with E-state index in [1.165, 1.54) is 10.8 Å². The van der Waals surface area contributed by atoms with Crippen molar-refractivity contribution in [1.82, 2.24) is 10.2 Å². The predicted octanol–water partition coefficient (Wildman–Crippen LogP) is 4.24. The van der Waals surface area contributed by atoms with Gasteiger partial charge in [0.2, 0.25) is 11.8 Å². The highest BCUT2D eigenvalue weighted by atomic mass is 16.2. The lowest BCUT2D eigenvalue weighted by Crippen LogP contribution is -2.46. The lowest BCUT2D eigenvalue weighted by Gasteiger charge is -2.29. The molecule has 29 heavy (non-hydrogen) atoms. The number of aryl methyl sites for hydroxylation is 2. The lowest BCUT2D eigenvalue weighted by molar-refractivity contribution is -0.140. The summed E-state index contributed by atoms with van der Waals surface area (Å²) < 4.78 is 0. The summed E-state index contributed by atoms with van der Waals surface area (Å²) in [5.41, 5.74) is 3.32. The van der Waals surface area contributed by atoms with E-state index in [1.54, 1.807) is 18.9 Å². The number of amides is 2. The van der Waals surface area contributed by atoms with E-state index in [4.69, 9.17) is 0 Å². The Kier molecular flexibility index (Phi) is 6.65. The maximum absolute atomic E-state index is 13.2. The normalized spacial score (nSPS) is 11.8. The van der Waals surface area contributed by atoms with Crippen LogP contribution < -0.4 is 5.32 Å². The Labute approximate surface area is 172 Å². The highest BCUT2D eigenvalue weighted by Crippen LogP contribution is 2.21. The van der Waals surface area contributed by atoms with Gasteiger partial charge in [0, 0.05) is 20.0 Å². The molecular formula is C25H28N2O2. The Morgan fingerprint density at radius 1 is 0.931 bits per heavy atom. The van der Waals surface area contributed by atoms with E-state index in [0.717, 1.165) is 16.7 Å². The summed E-state index contributed by atoms with van der Waals surface area (Å²) in [4.78, 5) is 27.1. The number of nitrogens with zero attached hydrogens (tertiary/aromatic N) is 1. The van der Waals surface area contributed by atoms with E-state index >= 15 is 0 Å². The van der Waals surface area contributed by atoms with Gasteiger partial charge in [0.25, 0.3) is 0 Å². The minimum Gasteiger partial charge on any atom is -0.357 e. The van der Waals surface area contributed by atoms with Gasteiger partial charge in [-0.1, -0.05) is 66.7 Å². The van der Waals surface area contributed by atoms with Crippen LogP contribution in [0.15, 0.2) is 66.7 Å². The molecule has 0 aliphatic heterocycles. The molecule has 3 aromatic carbocycles. The van der Waals surface area contributed by atoms with Gasteiger partial charge in [-0.2, -0.15) is 0 Å². The Bertz CT molecular complexity index is 1010. The summed E-state index contributed by atoms with van der Waals surface area (Å²) in [5, 5.41) is 5.01. The average Bonchev–Trinajstić information content (AvgIpc) is 2.75. The minimum atomic E-state index is -0.528. The largest absolute Gasteiger partial charge is 0.357 e. The molecule has 0 bridgehead atoms. The van der Waals surface area contributed by atoms with Gasteiger partial charge in [-0.3, -0.25) is 9.59 Å². The summed E-state index contributed by atoms with van der Waals surface area (Å²) in [7, 11) is 1.60. The second-order valence-corrected chi connectivity index (χ2v) is 7.38. The van der Waals surface area contributed by atoms with Crippen molar-refractivity contribution in [1.29, 1.82) is 0 Å². The fraction of sp³-hybridized carbons (Fsp3) is 0.280. The highest BCUT2D eigenvalue weighted by Gasteiger charge is 2.25. The number of likely N-dealkylation sites (N-methyl/N-ethyl adjacent to an activating group) is 1. The molecule has 3 rings (SSSR count). The molecule has 0 unspecified atom stereocenters. The molecule has 150 valence electrons. The van der Waals surface area contributed by atoms with E-state index < -0.39 is 6.04 Å². The van der Waals surface area contributed by atoms with Crippen LogP contribution in [0.1, 0.15) is 30.0 Å². The third-order valence-electron chi connectivity index (χ3n) is 5.50. The van der Waals surface area contributed by atoms with Crippen molar-refractivity contribution in [2.75, 3.05) is 7.05 Å². The SMILES string of the molecule is CNC(=O)[C@@H](C)N(Cc1ccccc1C)C(=O)CCc1cccc2ccccc12. The topological polar surface area (TPSA) is 49.4 Å². The van der Waals surface area contributed by atoms with Gasteiger partial charge in [-0.25, -0.2) is 0 Å². The highest BCUT2D eigenvalue weighted by molar-refractivity contribution is 5.88. The smallest absolute Gasteiger partial charge is 0.242 e. The van der Waals surface area contributed by atoms with Gasteiger partial charge in [-0.05, 0) is 47.7 Å². The van der Waals surface area contributed by atoms with Crippen LogP contribution in [0.25, 0.3) is 10.8 Å². The van der Waals surface area contributed by atoms with Gasteiger partial charge < -0.3 is 10.2 Å². The number of carbonyl (C=O) groups excluding carboxylic acids is 2. The first-order chi connectivity index (χ1) is 14.0. The first-order valence-corrected chi connectivity index (χ1v) is 10.0. The number of hydrogen-bond donors (Lipinski definition) is 1. The standard InChI is InChI=1S/C25H28N2O2/c1-18-9-4-5-11-22(18)17-27(19(2)25(29)26-3)24(28)16-15-21-13-8-12-20-10-6-7-14-23(20)21/h4-14,19H,15-17H2,1-3H3,(H,26,29)/t19-/m1/s1. The van der Waals surface area contributed by atoms with E-state index in [0.29, 0.717) is 19.4 Å². The van der Waals surface area contributed by atoms with Crippen LogP contribution in [0.3, 0.4) is 0 Å². The quantitative estimate of drug-likeness (QED) is 0.658. The molecule has 4 nitrogen and oxygen atoms in total. The molecule has 0 fully saturated rings. The maximum Gasteiger partial charge on any atom is 0.242 e. The van der Waals surface area contributed by atoms with Crippen molar-refractivity contribution in [2.24, 2.45) is 0 Å². The molecule has 0 saturated carbocycles. The molecule has 0 aromatic heterocycles. The zero-order chi connectivity index (χ0) is 20.8.